The fourth-order valence-corrected chi connectivity index (χ4v) is 4.74. The zero-order valence-electron chi connectivity index (χ0n) is 16.0. The number of phenols is 1. The van der Waals surface area contributed by atoms with Crippen LogP contribution in [0.5, 0.6) is 5.75 Å². The molecule has 3 N–H and O–H groups in total. The van der Waals surface area contributed by atoms with Gasteiger partial charge in [0.25, 0.3) is 6.17 Å². The molecule has 0 amide bonds. The van der Waals surface area contributed by atoms with Crippen LogP contribution in [0.4, 0.5) is 5.69 Å². The van der Waals surface area contributed by atoms with Gasteiger partial charge in [-0.2, -0.15) is 0 Å². The van der Waals surface area contributed by atoms with Crippen LogP contribution in [0.1, 0.15) is 37.9 Å². The Morgan fingerprint density at radius 2 is 2.07 bits per heavy atom. The Morgan fingerprint density at radius 3 is 2.90 bits per heavy atom. The van der Waals surface area contributed by atoms with Crippen molar-refractivity contribution < 1.29 is 9.79 Å². The maximum Gasteiger partial charge on any atom is 0.325 e. The lowest BCUT2D eigenvalue weighted by Gasteiger charge is -2.23. The van der Waals surface area contributed by atoms with E-state index in [0.717, 1.165) is 46.3 Å². The van der Waals surface area contributed by atoms with Crippen molar-refractivity contribution in [1.82, 2.24) is 10.1 Å². The highest BCUT2D eigenvalue weighted by molar-refractivity contribution is 9.10. The minimum Gasteiger partial charge on any atom is -0.508 e. The molecule has 0 bridgehead atoms. The summed E-state index contributed by atoms with van der Waals surface area (Å²) in [6.45, 7) is 2.17. The van der Waals surface area contributed by atoms with Crippen molar-refractivity contribution in [2.24, 2.45) is 0 Å². The predicted octanol–water partition coefficient (Wildman–Crippen LogP) is 4.45. The van der Waals surface area contributed by atoms with Gasteiger partial charge < -0.3 is 10.4 Å². The number of halogens is 1. The molecular formula is C21H22BrN4O2S+. The number of nitrogens with one attached hydrogen (secondary N) is 2. The van der Waals surface area contributed by atoms with E-state index >= 15 is 0 Å². The second-order valence-electron chi connectivity index (χ2n) is 6.91. The highest BCUT2D eigenvalue weighted by atomic mass is 79.9. The minimum absolute atomic E-state index is 0.157. The van der Waals surface area contributed by atoms with Crippen LogP contribution in [-0.2, 0) is 0 Å². The quantitative estimate of drug-likeness (QED) is 0.280. The summed E-state index contributed by atoms with van der Waals surface area (Å²) in [6, 6.07) is 12.8. The van der Waals surface area contributed by atoms with Gasteiger partial charge >= 0.3 is 11.3 Å². The van der Waals surface area contributed by atoms with Crippen molar-refractivity contribution in [2.45, 2.75) is 37.5 Å². The average Bonchev–Trinajstić information content (AvgIpc) is 2.72. The van der Waals surface area contributed by atoms with Gasteiger partial charge in [-0.1, -0.05) is 59.6 Å². The fourth-order valence-electron chi connectivity index (χ4n) is 3.43. The summed E-state index contributed by atoms with van der Waals surface area (Å²) in [7, 11) is 0. The highest BCUT2D eigenvalue weighted by Gasteiger charge is 2.38. The van der Waals surface area contributed by atoms with E-state index in [2.05, 4.69) is 33.2 Å². The number of para-hydroxylation sites is 1. The molecule has 0 fully saturated rings. The standard InChI is InChI=1S/C21H21BrN4O2S/c1-2-3-6-11-29-21-24-20(28)18-14-7-4-5-8-17(14)23-19(26(18)25-21)15-12-13(27)9-10-16(15)22/h4-5,7-10,12,19H,2-3,6,11H2,1H3,(H2,24,25,27,28)/p+1/t19-/m0/s1. The monoisotopic (exact) mass is 473 g/mol. The summed E-state index contributed by atoms with van der Waals surface area (Å²) in [5, 5.41) is 18.9. The van der Waals surface area contributed by atoms with E-state index < -0.39 is 6.17 Å². The Balaban J connectivity index is 1.83. The fraction of sp³-hybridized carbons (Fsp3) is 0.286. The van der Waals surface area contributed by atoms with Crippen molar-refractivity contribution >= 4 is 33.4 Å². The number of aromatic nitrogens is 3. The van der Waals surface area contributed by atoms with Gasteiger partial charge in [0.1, 0.15) is 5.75 Å². The third-order valence-corrected chi connectivity index (χ3v) is 6.52. The number of benzene rings is 2. The van der Waals surface area contributed by atoms with Crippen molar-refractivity contribution in [3.05, 3.63) is 62.9 Å². The summed E-state index contributed by atoms with van der Waals surface area (Å²) in [5.74, 6) is 1.06. The molecular weight excluding hydrogens is 452 g/mol. The third-order valence-electron chi connectivity index (χ3n) is 4.84. The smallest absolute Gasteiger partial charge is 0.325 e. The third kappa shape index (κ3) is 4.04. The summed E-state index contributed by atoms with van der Waals surface area (Å²) in [6.07, 6.45) is 2.95. The summed E-state index contributed by atoms with van der Waals surface area (Å²) < 4.78 is 2.55. The van der Waals surface area contributed by atoms with Gasteiger partial charge in [0.05, 0.1) is 16.8 Å². The first-order valence-corrected chi connectivity index (χ1v) is 11.4. The van der Waals surface area contributed by atoms with E-state index in [1.54, 1.807) is 34.6 Å². The van der Waals surface area contributed by atoms with Gasteiger partial charge in [-0.25, -0.2) is 0 Å². The van der Waals surface area contributed by atoms with Crippen LogP contribution in [0.25, 0.3) is 11.3 Å². The molecule has 1 aliphatic rings. The maximum absolute atomic E-state index is 13.0. The van der Waals surface area contributed by atoms with Crippen molar-refractivity contribution in [2.75, 3.05) is 11.1 Å². The number of hydrogen-bond donors (Lipinski definition) is 3. The Morgan fingerprint density at radius 1 is 1.24 bits per heavy atom. The van der Waals surface area contributed by atoms with E-state index in [1.807, 2.05) is 24.3 Å². The first-order chi connectivity index (χ1) is 14.1. The summed E-state index contributed by atoms with van der Waals surface area (Å²) >= 11 is 5.13. The van der Waals surface area contributed by atoms with Crippen molar-refractivity contribution in [3.63, 3.8) is 0 Å². The Labute approximate surface area is 181 Å². The number of nitrogens with zero attached hydrogens (tertiary/aromatic N) is 2. The molecule has 3 aromatic rings. The van der Waals surface area contributed by atoms with Crippen molar-refractivity contribution in [3.8, 4) is 17.0 Å². The van der Waals surface area contributed by atoms with E-state index in [1.165, 1.54) is 0 Å². The van der Waals surface area contributed by atoms with Crippen LogP contribution in [0.3, 0.4) is 0 Å². The number of fused-ring (bicyclic) bond motifs is 3. The van der Waals surface area contributed by atoms with E-state index in [9.17, 15) is 9.90 Å². The van der Waals surface area contributed by atoms with Gasteiger partial charge in [0.15, 0.2) is 0 Å². The van der Waals surface area contributed by atoms with Gasteiger partial charge in [-0.3, -0.25) is 9.78 Å². The molecule has 150 valence electrons. The molecule has 0 radical (unpaired) electrons. The molecule has 1 aromatic heterocycles. The number of anilines is 1. The molecule has 6 nitrogen and oxygen atoms in total. The van der Waals surface area contributed by atoms with Gasteiger partial charge in [0.2, 0.25) is 5.16 Å². The first kappa shape index (κ1) is 20.0. The van der Waals surface area contributed by atoms with Crippen LogP contribution in [-0.4, -0.2) is 20.9 Å². The number of phenolic OH excluding ortho intramolecular Hbond substituents is 1. The molecule has 4 rings (SSSR count). The van der Waals surface area contributed by atoms with Crippen molar-refractivity contribution in [1.29, 1.82) is 0 Å². The molecule has 2 heterocycles. The molecule has 1 aliphatic heterocycles. The number of rotatable bonds is 6. The molecule has 29 heavy (non-hydrogen) atoms. The van der Waals surface area contributed by atoms with E-state index in [0.29, 0.717) is 10.9 Å². The first-order valence-electron chi connectivity index (χ1n) is 9.61. The lowest BCUT2D eigenvalue weighted by atomic mass is 10.0. The predicted molar refractivity (Wildman–Crippen MR) is 118 cm³/mol. The van der Waals surface area contributed by atoms with Crippen LogP contribution in [0, 0.1) is 0 Å². The molecule has 8 heteroatoms. The zero-order valence-corrected chi connectivity index (χ0v) is 18.4. The molecule has 0 unspecified atom stereocenters. The number of unbranched alkanes of at least 4 members (excludes halogenated alkanes) is 2. The Hall–Kier alpha value is -2.32. The lowest BCUT2D eigenvalue weighted by Crippen LogP contribution is -2.55. The van der Waals surface area contributed by atoms with E-state index in [4.69, 9.17) is 5.10 Å². The van der Waals surface area contributed by atoms with Gasteiger partial charge in [-0.15, -0.1) is 0 Å². The topological polar surface area (TPSA) is 81.9 Å². The van der Waals surface area contributed by atoms with E-state index in [-0.39, 0.29) is 11.3 Å². The average molecular weight is 474 g/mol. The SMILES string of the molecule is CCCCCSc1n[n+]2c(c(=O)[nH]1)-c1ccccc1N[C@@H]2c1cc(O)ccc1Br. The van der Waals surface area contributed by atoms with Crippen LogP contribution >= 0.6 is 27.7 Å². The lowest BCUT2D eigenvalue weighted by molar-refractivity contribution is -0.759. The second kappa shape index (κ2) is 8.59. The Kier molecular flexibility index (Phi) is 5.91. The Bertz CT molecular complexity index is 1100. The largest absolute Gasteiger partial charge is 0.508 e. The normalized spacial score (nSPS) is 14.8. The molecule has 1 atom stereocenters. The number of hydrogen-bond acceptors (Lipinski definition) is 5. The number of H-pyrrole nitrogens is 1. The van der Waals surface area contributed by atoms with Crippen LogP contribution in [0.2, 0.25) is 0 Å². The molecule has 0 spiro atoms. The van der Waals surface area contributed by atoms with Gasteiger partial charge in [0, 0.05) is 15.3 Å². The minimum atomic E-state index is -0.432. The van der Waals surface area contributed by atoms with Crippen LogP contribution < -0.4 is 15.6 Å². The maximum atomic E-state index is 13.0. The van der Waals surface area contributed by atoms with Gasteiger partial charge in [-0.05, 0) is 41.4 Å². The summed E-state index contributed by atoms with van der Waals surface area (Å²) in [5.41, 5.74) is 2.77. The number of aromatic amines is 1. The molecule has 0 aliphatic carbocycles. The highest BCUT2D eigenvalue weighted by Crippen LogP contribution is 2.35. The molecule has 0 saturated carbocycles. The summed E-state index contributed by atoms with van der Waals surface area (Å²) in [4.78, 5) is 16.0. The number of thioether (sulfide) groups is 1. The van der Waals surface area contributed by atoms with Crippen LogP contribution in [0.15, 0.2) is 56.9 Å². The molecule has 2 aromatic carbocycles. The number of aromatic hydroxyl groups is 1. The molecule has 0 saturated heterocycles. The second-order valence-corrected chi connectivity index (χ2v) is 8.84. The zero-order chi connectivity index (χ0) is 20.4.